The van der Waals surface area contributed by atoms with Gasteiger partial charge in [-0.25, -0.2) is 0 Å². The minimum absolute atomic E-state index is 0.161. The summed E-state index contributed by atoms with van der Waals surface area (Å²) < 4.78 is 0. The molecule has 2 rings (SSSR count). The van der Waals surface area contributed by atoms with E-state index in [0.717, 1.165) is 25.3 Å². The van der Waals surface area contributed by atoms with E-state index in [1.54, 1.807) is 11.8 Å². The van der Waals surface area contributed by atoms with Gasteiger partial charge in [-0.15, -0.1) is 11.8 Å². The monoisotopic (exact) mass is 306 g/mol. The van der Waals surface area contributed by atoms with E-state index in [1.807, 2.05) is 0 Å². The molecule has 0 radical (unpaired) electrons. The fourth-order valence-corrected chi connectivity index (χ4v) is 3.35. The van der Waals surface area contributed by atoms with Crippen molar-refractivity contribution in [2.45, 2.75) is 31.9 Å². The molecule has 4 heteroatoms. The number of nitrogens with one attached hydrogen (secondary N) is 1. The van der Waals surface area contributed by atoms with E-state index in [2.05, 4.69) is 41.4 Å². The maximum absolute atomic E-state index is 11.7. The summed E-state index contributed by atoms with van der Waals surface area (Å²) in [6.07, 6.45) is 3.73. The summed E-state index contributed by atoms with van der Waals surface area (Å²) in [5, 5.41) is 3.02. The van der Waals surface area contributed by atoms with Crippen LogP contribution in [0.15, 0.2) is 24.3 Å². The van der Waals surface area contributed by atoms with Crippen LogP contribution in [-0.4, -0.2) is 42.7 Å². The molecule has 1 saturated heterocycles. The maximum Gasteiger partial charge on any atom is 0.230 e. The first-order valence-electron chi connectivity index (χ1n) is 7.86. The predicted octanol–water partition coefficient (Wildman–Crippen LogP) is 2.83. The van der Waals surface area contributed by atoms with Gasteiger partial charge < -0.3 is 10.2 Å². The molecule has 0 aliphatic carbocycles. The first-order valence-corrected chi connectivity index (χ1v) is 9.02. The number of thioether (sulfide) groups is 1. The highest BCUT2D eigenvalue weighted by molar-refractivity contribution is 7.99. The molecule has 1 aromatic rings. The summed E-state index contributed by atoms with van der Waals surface area (Å²) in [5.41, 5.74) is 2.56. The van der Waals surface area contributed by atoms with Crippen LogP contribution < -0.4 is 5.32 Å². The molecule has 1 heterocycles. The first-order chi connectivity index (χ1) is 10.2. The molecule has 1 aromatic carbocycles. The van der Waals surface area contributed by atoms with Gasteiger partial charge in [-0.3, -0.25) is 4.79 Å². The van der Waals surface area contributed by atoms with Gasteiger partial charge in [0.15, 0.2) is 0 Å². The van der Waals surface area contributed by atoms with E-state index in [-0.39, 0.29) is 5.91 Å². The highest BCUT2D eigenvalue weighted by Gasteiger charge is 2.10. The van der Waals surface area contributed by atoms with Crippen molar-refractivity contribution in [1.29, 1.82) is 0 Å². The lowest BCUT2D eigenvalue weighted by atomic mass is 10.2. The summed E-state index contributed by atoms with van der Waals surface area (Å²) in [6, 6.07) is 8.51. The lowest BCUT2D eigenvalue weighted by Crippen LogP contribution is -2.29. The molecule has 1 N–H and O–H groups in total. The van der Waals surface area contributed by atoms with Crippen LogP contribution in [0.25, 0.3) is 0 Å². The fraction of sp³-hybridized carbons (Fsp3) is 0.588. The van der Waals surface area contributed by atoms with Crippen molar-refractivity contribution in [1.82, 2.24) is 10.2 Å². The number of hydrogen-bond donors (Lipinski definition) is 1. The molecule has 116 valence electrons. The Morgan fingerprint density at radius 3 is 2.67 bits per heavy atom. The highest BCUT2D eigenvalue weighted by atomic mass is 32.2. The van der Waals surface area contributed by atoms with Gasteiger partial charge in [-0.2, -0.15) is 0 Å². The Bertz CT molecular complexity index is 427. The number of hydrogen-bond acceptors (Lipinski definition) is 3. The van der Waals surface area contributed by atoms with E-state index in [4.69, 9.17) is 0 Å². The van der Waals surface area contributed by atoms with Crippen LogP contribution in [0.4, 0.5) is 0 Å². The predicted molar refractivity (Wildman–Crippen MR) is 90.6 cm³/mol. The zero-order chi connectivity index (χ0) is 14.9. The lowest BCUT2D eigenvalue weighted by Gasteiger charge is -2.14. The second kappa shape index (κ2) is 9.11. The Kier molecular flexibility index (Phi) is 7.10. The summed E-state index contributed by atoms with van der Waals surface area (Å²) >= 11 is 1.68. The molecule has 1 aliphatic rings. The zero-order valence-corrected chi connectivity index (χ0v) is 13.8. The average molecular weight is 306 g/mol. The lowest BCUT2D eigenvalue weighted by molar-refractivity contribution is -0.118. The summed E-state index contributed by atoms with van der Waals surface area (Å²) in [4.78, 5) is 14.2. The summed E-state index contributed by atoms with van der Waals surface area (Å²) in [7, 11) is 0. The third kappa shape index (κ3) is 6.53. The van der Waals surface area contributed by atoms with Crippen LogP contribution in [0.5, 0.6) is 0 Å². The third-order valence-corrected chi connectivity index (χ3v) is 4.80. The van der Waals surface area contributed by atoms with Crippen molar-refractivity contribution >= 4 is 17.7 Å². The third-order valence-electron chi connectivity index (χ3n) is 3.79. The Balaban J connectivity index is 1.50. The van der Waals surface area contributed by atoms with E-state index in [9.17, 15) is 4.79 Å². The molecule has 0 aromatic heterocycles. The van der Waals surface area contributed by atoms with Gasteiger partial charge in [-0.05, 0) is 51.4 Å². The van der Waals surface area contributed by atoms with Gasteiger partial charge in [0.2, 0.25) is 5.91 Å². The molecule has 21 heavy (non-hydrogen) atoms. The van der Waals surface area contributed by atoms with Crippen molar-refractivity contribution in [2.24, 2.45) is 0 Å². The van der Waals surface area contributed by atoms with Crippen molar-refractivity contribution in [2.75, 3.05) is 31.9 Å². The molecule has 3 nitrogen and oxygen atoms in total. The van der Waals surface area contributed by atoms with E-state index < -0.39 is 0 Å². The van der Waals surface area contributed by atoms with Gasteiger partial charge in [-0.1, -0.05) is 29.8 Å². The molecule has 0 spiro atoms. The number of carbonyl (C=O) groups excluding carboxylic acids is 1. The minimum atomic E-state index is 0.161. The van der Waals surface area contributed by atoms with Crippen LogP contribution in [-0.2, 0) is 10.5 Å². The normalized spacial score (nSPS) is 15.3. The van der Waals surface area contributed by atoms with Crippen LogP contribution in [0.1, 0.15) is 30.4 Å². The molecule has 0 unspecified atom stereocenters. The Morgan fingerprint density at radius 1 is 1.24 bits per heavy atom. The molecule has 1 fully saturated rings. The number of amides is 1. The van der Waals surface area contributed by atoms with E-state index >= 15 is 0 Å². The number of benzene rings is 1. The quantitative estimate of drug-likeness (QED) is 0.750. The molecular weight excluding hydrogens is 280 g/mol. The van der Waals surface area contributed by atoms with Gasteiger partial charge >= 0.3 is 0 Å². The van der Waals surface area contributed by atoms with Crippen LogP contribution in [0.2, 0.25) is 0 Å². The Hall–Kier alpha value is -1.00. The number of aryl methyl sites for hydroxylation is 1. The SMILES string of the molecule is Cc1ccc(CSCC(=O)NCCCN2CCCC2)cc1. The second-order valence-electron chi connectivity index (χ2n) is 5.73. The van der Waals surface area contributed by atoms with Crippen molar-refractivity contribution < 1.29 is 4.79 Å². The molecule has 1 amide bonds. The largest absolute Gasteiger partial charge is 0.355 e. The highest BCUT2D eigenvalue weighted by Crippen LogP contribution is 2.12. The van der Waals surface area contributed by atoms with E-state index in [0.29, 0.717) is 5.75 Å². The van der Waals surface area contributed by atoms with Crippen molar-refractivity contribution in [3.8, 4) is 0 Å². The summed E-state index contributed by atoms with van der Waals surface area (Å²) in [5.74, 6) is 1.62. The number of carbonyl (C=O) groups is 1. The smallest absolute Gasteiger partial charge is 0.230 e. The van der Waals surface area contributed by atoms with Crippen LogP contribution >= 0.6 is 11.8 Å². The van der Waals surface area contributed by atoms with Crippen molar-refractivity contribution in [3.05, 3.63) is 35.4 Å². The van der Waals surface area contributed by atoms with Crippen molar-refractivity contribution in [3.63, 3.8) is 0 Å². The van der Waals surface area contributed by atoms with Gasteiger partial charge in [0.1, 0.15) is 0 Å². The summed E-state index contributed by atoms with van der Waals surface area (Å²) in [6.45, 7) is 6.49. The van der Waals surface area contributed by atoms with Crippen LogP contribution in [0.3, 0.4) is 0 Å². The van der Waals surface area contributed by atoms with Crippen LogP contribution in [0, 0.1) is 6.92 Å². The maximum atomic E-state index is 11.7. The molecule has 0 atom stereocenters. The molecule has 0 bridgehead atoms. The standard InChI is InChI=1S/C17H26N2OS/c1-15-5-7-16(8-6-15)13-21-14-17(20)18-9-4-12-19-10-2-3-11-19/h5-8H,2-4,9-14H2,1H3,(H,18,20). The topological polar surface area (TPSA) is 32.3 Å². The second-order valence-corrected chi connectivity index (χ2v) is 6.72. The molecular formula is C17H26N2OS. The number of likely N-dealkylation sites (tertiary alicyclic amines) is 1. The van der Waals surface area contributed by atoms with Gasteiger partial charge in [0.25, 0.3) is 0 Å². The van der Waals surface area contributed by atoms with Gasteiger partial charge in [0.05, 0.1) is 5.75 Å². The Morgan fingerprint density at radius 2 is 1.95 bits per heavy atom. The molecule has 0 saturated carbocycles. The number of rotatable bonds is 8. The van der Waals surface area contributed by atoms with Gasteiger partial charge in [0, 0.05) is 12.3 Å². The van der Waals surface area contributed by atoms with E-state index in [1.165, 1.54) is 37.1 Å². The minimum Gasteiger partial charge on any atom is -0.355 e. The molecule has 1 aliphatic heterocycles. The average Bonchev–Trinajstić information content (AvgIpc) is 2.99. The Labute approximate surface area is 132 Å². The fourth-order valence-electron chi connectivity index (χ4n) is 2.53. The number of nitrogens with zero attached hydrogens (tertiary/aromatic N) is 1. The first kappa shape index (κ1) is 16.4. The zero-order valence-electron chi connectivity index (χ0n) is 12.9.